The van der Waals surface area contributed by atoms with Gasteiger partial charge in [-0.15, -0.1) is 11.3 Å². The van der Waals surface area contributed by atoms with E-state index in [0.717, 1.165) is 12.1 Å². The number of carbonyl (C=O) groups excluding carboxylic acids is 2. The van der Waals surface area contributed by atoms with Gasteiger partial charge in [0.1, 0.15) is 6.61 Å². The van der Waals surface area contributed by atoms with Crippen molar-refractivity contribution in [3.8, 4) is 11.1 Å². The molecular weight excluding hydrogens is 405 g/mol. The van der Waals surface area contributed by atoms with Crippen LogP contribution in [-0.4, -0.2) is 16.9 Å². The first-order valence-corrected chi connectivity index (χ1v) is 9.28. The van der Waals surface area contributed by atoms with E-state index >= 15 is 0 Å². The van der Waals surface area contributed by atoms with Gasteiger partial charge in [0.15, 0.2) is 5.13 Å². The first-order chi connectivity index (χ1) is 13.7. The van der Waals surface area contributed by atoms with Gasteiger partial charge in [0.25, 0.3) is 0 Å². The van der Waals surface area contributed by atoms with E-state index in [0.29, 0.717) is 22.0 Å². The highest BCUT2D eigenvalue weighted by atomic mass is 32.1. The maximum atomic E-state index is 12.8. The fraction of sp³-hybridized carbons (Fsp3) is 0.150. The molecule has 2 aromatic carbocycles. The van der Waals surface area contributed by atoms with Crippen molar-refractivity contribution in [2.75, 3.05) is 5.32 Å². The Balaban J connectivity index is 1.75. The van der Waals surface area contributed by atoms with Crippen LogP contribution in [0.5, 0.6) is 0 Å². The van der Waals surface area contributed by atoms with Gasteiger partial charge in [-0.1, -0.05) is 30.3 Å². The van der Waals surface area contributed by atoms with Crippen molar-refractivity contribution in [1.29, 1.82) is 0 Å². The number of halogens is 3. The average Bonchev–Trinajstić information content (AvgIpc) is 3.12. The minimum atomic E-state index is -4.43. The molecular formula is C20H15F3N2O3S. The smallest absolute Gasteiger partial charge is 0.416 e. The number of benzene rings is 2. The van der Waals surface area contributed by atoms with E-state index in [1.165, 1.54) is 30.4 Å². The van der Waals surface area contributed by atoms with Crippen LogP contribution in [0.4, 0.5) is 18.3 Å². The molecule has 1 aromatic heterocycles. The summed E-state index contributed by atoms with van der Waals surface area (Å²) in [4.78, 5) is 27.7. The molecule has 0 atom stereocenters. The van der Waals surface area contributed by atoms with Gasteiger partial charge in [0, 0.05) is 12.3 Å². The third-order valence-electron chi connectivity index (χ3n) is 3.86. The second kappa shape index (κ2) is 8.44. The van der Waals surface area contributed by atoms with Crippen LogP contribution < -0.4 is 5.32 Å². The summed E-state index contributed by atoms with van der Waals surface area (Å²) in [6, 6.07) is 11.1. The first-order valence-electron chi connectivity index (χ1n) is 8.40. The van der Waals surface area contributed by atoms with Crippen molar-refractivity contribution in [3.63, 3.8) is 0 Å². The van der Waals surface area contributed by atoms with Crippen LogP contribution in [-0.2, 0) is 22.3 Å². The summed E-state index contributed by atoms with van der Waals surface area (Å²) in [5, 5.41) is 4.59. The fourth-order valence-corrected chi connectivity index (χ4v) is 3.29. The molecule has 0 spiro atoms. The number of rotatable bonds is 5. The summed E-state index contributed by atoms with van der Waals surface area (Å²) in [6.45, 7) is 1.26. The molecule has 1 amide bonds. The molecule has 0 saturated heterocycles. The zero-order chi connectivity index (χ0) is 21.0. The molecule has 5 nitrogen and oxygen atoms in total. The Morgan fingerprint density at radius 2 is 1.79 bits per heavy atom. The molecule has 150 valence electrons. The Labute approximate surface area is 168 Å². The number of hydrogen-bond donors (Lipinski definition) is 1. The van der Waals surface area contributed by atoms with Crippen LogP contribution in [0.25, 0.3) is 11.1 Å². The molecule has 0 fully saturated rings. The summed E-state index contributed by atoms with van der Waals surface area (Å²) >= 11 is 1.20. The minimum absolute atomic E-state index is 0.101. The number of anilines is 1. The number of alkyl halides is 3. The number of thiazole rings is 1. The van der Waals surface area contributed by atoms with Crippen LogP contribution in [0.2, 0.25) is 0 Å². The molecule has 9 heteroatoms. The highest BCUT2D eigenvalue weighted by Crippen LogP contribution is 2.32. The number of carbonyl (C=O) groups is 2. The summed E-state index contributed by atoms with van der Waals surface area (Å²) in [5.74, 6) is -0.886. The minimum Gasteiger partial charge on any atom is -0.456 e. The standard InChI is InChI=1S/C20H15F3N2O3S/c1-12(26)24-19-25-15(11-29-19)10-28-18(27)17-5-3-2-4-16(17)13-6-8-14(9-7-13)20(21,22)23/h2-9,11H,10H2,1H3,(H,24,25,26). The molecule has 0 bridgehead atoms. The van der Waals surface area contributed by atoms with Crippen molar-refractivity contribution in [3.05, 3.63) is 70.7 Å². The van der Waals surface area contributed by atoms with Crippen molar-refractivity contribution in [2.45, 2.75) is 19.7 Å². The molecule has 3 rings (SSSR count). The molecule has 0 radical (unpaired) electrons. The Bertz CT molecular complexity index is 1030. The number of nitrogens with zero attached hydrogens (tertiary/aromatic N) is 1. The number of esters is 1. The number of nitrogens with one attached hydrogen (secondary N) is 1. The van der Waals surface area contributed by atoms with Gasteiger partial charge in [-0.3, -0.25) is 4.79 Å². The number of hydrogen-bond acceptors (Lipinski definition) is 5. The quantitative estimate of drug-likeness (QED) is 0.580. The summed E-state index contributed by atoms with van der Waals surface area (Å²) in [7, 11) is 0. The maximum absolute atomic E-state index is 12.8. The van der Waals surface area contributed by atoms with Gasteiger partial charge in [-0.05, 0) is 29.3 Å². The lowest BCUT2D eigenvalue weighted by molar-refractivity contribution is -0.137. The lowest BCUT2D eigenvalue weighted by Crippen LogP contribution is -2.08. The van der Waals surface area contributed by atoms with Gasteiger partial charge in [0.2, 0.25) is 5.91 Å². The van der Waals surface area contributed by atoms with Gasteiger partial charge >= 0.3 is 12.1 Å². The largest absolute Gasteiger partial charge is 0.456 e. The van der Waals surface area contributed by atoms with Crippen molar-refractivity contribution in [1.82, 2.24) is 4.98 Å². The Morgan fingerprint density at radius 1 is 1.10 bits per heavy atom. The third-order valence-corrected chi connectivity index (χ3v) is 4.66. The van der Waals surface area contributed by atoms with Crippen LogP contribution in [0.3, 0.4) is 0 Å². The SMILES string of the molecule is CC(=O)Nc1nc(COC(=O)c2ccccc2-c2ccc(C(F)(F)F)cc2)cs1. The van der Waals surface area contributed by atoms with E-state index < -0.39 is 17.7 Å². The van der Waals surface area contributed by atoms with E-state index in [4.69, 9.17) is 4.74 Å². The molecule has 0 saturated carbocycles. The number of amides is 1. The average molecular weight is 420 g/mol. The van der Waals surface area contributed by atoms with Crippen molar-refractivity contribution >= 4 is 28.3 Å². The fourth-order valence-electron chi connectivity index (χ4n) is 2.55. The van der Waals surface area contributed by atoms with Crippen LogP contribution in [0, 0.1) is 0 Å². The summed E-state index contributed by atoms with van der Waals surface area (Å²) in [5.41, 5.74) is 0.860. The lowest BCUT2D eigenvalue weighted by atomic mass is 9.98. The van der Waals surface area contributed by atoms with E-state index in [9.17, 15) is 22.8 Å². The zero-order valence-corrected chi connectivity index (χ0v) is 15.9. The van der Waals surface area contributed by atoms with E-state index in [1.54, 1.807) is 29.6 Å². The maximum Gasteiger partial charge on any atom is 0.416 e. The van der Waals surface area contributed by atoms with Crippen LogP contribution in [0.15, 0.2) is 53.9 Å². The molecule has 0 aliphatic heterocycles. The summed E-state index contributed by atoms with van der Waals surface area (Å²) < 4.78 is 43.6. The van der Waals surface area contributed by atoms with Crippen LogP contribution >= 0.6 is 11.3 Å². The number of ether oxygens (including phenoxy) is 1. The predicted molar refractivity (Wildman–Crippen MR) is 102 cm³/mol. The molecule has 1 N–H and O–H groups in total. The number of aromatic nitrogens is 1. The van der Waals surface area contributed by atoms with E-state index in [-0.39, 0.29) is 18.1 Å². The van der Waals surface area contributed by atoms with Gasteiger partial charge in [-0.2, -0.15) is 13.2 Å². The molecule has 3 aromatic rings. The van der Waals surface area contributed by atoms with E-state index in [2.05, 4.69) is 10.3 Å². The predicted octanol–water partition coefficient (Wildman–Crippen LogP) is 5.14. The second-order valence-electron chi connectivity index (χ2n) is 6.02. The molecule has 0 unspecified atom stereocenters. The molecule has 0 aliphatic rings. The highest BCUT2D eigenvalue weighted by Gasteiger charge is 2.30. The first kappa shape index (κ1) is 20.5. The lowest BCUT2D eigenvalue weighted by Gasteiger charge is -2.11. The third kappa shape index (κ3) is 5.20. The summed E-state index contributed by atoms with van der Waals surface area (Å²) in [6.07, 6.45) is -4.43. The Hall–Kier alpha value is -3.20. The Morgan fingerprint density at radius 3 is 2.45 bits per heavy atom. The van der Waals surface area contributed by atoms with Gasteiger partial charge in [0.05, 0.1) is 16.8 Å². The van der Waals surface area contributed by atoms with Crippen molar-refractivity contribution < 1.29 is 27.5 Å². The molecule has 0 aliphatic carbocycles. The normalized spacial score (nSPS) is 11.2. The van der Waals surface area contributed by atoms with Gasteiger partial charge < -0.3 is 10.1 Å². The highest BCUT2D eigenvalue weighted by molar-refractivity contribution is 7.13. The molecule has 29 heavy (non-hydrogen) atoms. The second-order valence-corrected chi connectivity index (χ2v) is 6.88. The van der Waals surface area contributed by atoms with Crippen LogP contribution in [0.1, 0.15) is 28.5 Å². The van der Waals surface area contributed by atoms with E-state index in [1.807, 2.05) is 0 Å². The van der Waals surface area contributed by atoms with Gasteiger partial charge in [-0.25, -0.2) is 9.78 Å². The molecule has 1 heterocycles. The topological polar surface area (TPSA) is 68.3 Å². The zero-order valence-electron chi connectivity index (χ0n) is 15.1. The monoisotopic (exact) mass is 420 g/mol. The Kier molecular flexibility index (Phi) is 5.97. The van der Waals surface area contributed by atoms with Crippen molar-refractivity contribution in [2.24, 2.45) is 0 Å².